The fraction of sp³-hybridized carbons (Fsp3) is 0.571. The Balaban J connectivity index is 2.33. The van der Waals surface area contributed by atoms with Gasteiger partial charge in [0.1, 0.15) is 0 Å². The Bertz CT molecular complexity index is 445. The van der Waals surface area contributed by atoms with Crippen molar-refractivity contribution in [3.05, 3.63) is 17.4 Å². The van der Waals surface area contributed by atoms with Crippen LogP contribution in [-0.4, -0.2) is 32.4 Å². The molecule has 0 aromatic heterocycles. The predicted octanol–water partition coefficient (Wildman–Crippen LogP) is 2.09. The molecule has 1 aromatic rings. The van der Waals surface area contributed by atoms with E-state index in [1.54, 1.807) is 0 Å². The molecule has 1 heterocycles. The number of aromatic hydroxyl groups is 1. The van der Waals surface area contributed by atoms with Crippen LogP contribution in [0.4, 0.5) is 4.39 Å². The van der Waals surface area contributed by atoms with Gasteiger partial charge in [0.15, 0.2) is 23.1 Å². The molecule has 0 spiro atoms. The Hall–Kier alpha value is -1.49. The molecule has 1 aliphatic heterocycles. The number of phenolic OH excluding ortho intramolecular Hbond substituents is 1. The highest BCUT2D eigenvalue weighted by atomic mass is 19.1. The first-order valence-corrected chi connectivity index (χ1v) is 6.50. The SMILES string of the molecule is COc1cc(F)c(O)c(CC2CCNCC2)c1OC. The van der Waals surface area contributed by atoms with E-state index < -0.39 is 5.82 Å². The Morgan fingerprint density at radius 3 is 2.58 bits per heavy atom. The van der Waals surface area contributed by atoms with Crippen molar-refractivity contribution in [1.82, 2.24) is 5.32 Å². The van der Waals surface area contributed by atoms with Crippen LogP contribution in [-0.2, 0) is 6.42 Å². The number of methoxy groups -OCH3 is 2. The normalized spacial score (nSPS) is 16.4. The van der Waals surface area contributed by atoms with E-state index in [9.17, 15) is 9.50 Å². The number of nitrogens with one attached hydrogen (secondary N) is 1. The van der Waals surface area contributed by atoms with Crippen molar-refractivity contribution >= 4 is 0 Å². The van der Waals surface area contributed by atoms with Crippen molar-refractivity contribution in [1.29, 1.82) is 0 Å². The maximum atomic E-state index is 13.7. The van der Waals surface area contributed by atoms with Gasteiger partial charge in [-0.25, -0.2) is 4.39 Å². The van der Waals surface area contributed by atoms with Crippen LogP contribution in [0, 0.1) is 11.7 Å². The minimum Gasteiger partial charge on any atom is -0.505 e. The van der Waals surface area contributed by atoms with Crippen LogP contribution in [0.15, 0.2) is 6.07 Å². The summed E-state index contributed by atoms with van der Waals surface area (Å²) in [5.74, 6) is 0.187. The second-order valence-electron chi connectivity index (χ2n) is 4.82. The van der Waals surface area contributed by atoms with Crippen LogP contribution in [0.25, 0.3) is 0 Å². The van der Waals surface area contributed by atoms with E-state index >= 15 is 0 Å². The molecule has 0 atom stereocenters. The smallest absolute Gasteiger partial charge is 0.169 e. The molecule has 4 nitrogen and oxygen atoms in total. The third-order valence-electron chi connectivity index (χ3n) is 3.64. The molecule has 1 saturated heterocycles. The lowest BCUT2D eigenvalue weighted by molar-refractivity contribution is 0.325. The standard InChI is InChI=1S/C14H20FNO3/c1-18-12-8-11(15)13(17)10(14(12)19-2)7-9-3-5-16-6-4-9/h8-9,16-17H,3-7H2,1-2H3. The summed E-state index contributed by atoms with van der Waals surface area (Å²) in [6.45, 7) is 1.92. The van der Waals surface area contributed by atoms with Gasteiger partial charge >= 0.3 is 0 Å². The zero-order valence-corrected chi connectivity index (χ0v) is 11.3. The second kappa shape index (κ2) is 6.10. The van der Waals surface area contributed by atoms with E-state index in [1.165, 1.54) is 14.2 Å². The Morgan fingerprint density at radius 1 is 1.32 bits per heavy atom. The van der Waals surface area contributed by atoms with Crippen LogP contribution in [0.3, 0.4) is 0 Å². The highest BCUT2D eigenvalue weighted by Crippen LogP contribution is 2.41. The Kier molecular flexibility index (Phi) is 4.47. The molecule has 0 unspecified atom stereocenters. The first-order valence-electron chi connectivity index (χ1n) is 6.50. The van der Waals surface area contributed by atoms with Crippen molar-refractivity contribution in [3.63, 3.8) is 0 Å². The van der Waals surface area contributed by atoms with Crippen LogP contribution in [0.5, 0.6) is 17.2 Å². The maximum absolute atomic E-state index is 13.7. The summed E-state index contributed by atoms with van der Waals surface area (Å²) in [7, 11) is 2.96. The molecule has 106 valence electrons. The molecule has 0 amide bonds. The monoisotopic (exact) mass is 269 g/mol. The summed E-state index contributed by atoms with van der Waals surface area (Å²) in [6.07, 6.45) is 2.63. The highest BCUT2D eigenvalue weighted by molar-refractivity contribution is 5.54. The molecule has 2 N–H and O–H groups in total. The van der Waals surface area contributed by atoms with Gasteiger partial charge in [-0.15, -0.1) is 0 Å². The molecule has 1 aliphatic rings. The quantitative estimate of drug-likeness (QED) is 0.879. The van der Waals surface area contributed by atoms with E-state index in [0.29, 0.717) is 29.4 Å². The maximum Gasteiger partial charge on any atom is 0.169 e. The Morgan fingerprint density at radius 2 is 2.00 bits per heavy atom. The molecular weight excluding hydrogens is 249 g/mol. The first-order chi connectivity index (χ1) is 9.17. The van der Waals surface area contributed by atoms with Gasteiger partial charge in [-0.3, -0.25) is 0 Å². The summed E-state index contributed by atoms with van der Waals surface area (Å²) >= 11 is 0. The lowest BCUT2D eigenvalue weighted by Crippen LogP contribution is -2.28. The van der Waals surface area contributed by atoms with Gasteiger partial charge < -0.3 is 19.9 Å². The van der Waals surface area contributed by atoms with Gasteiger partial charge in [-0.2, -0.15) is 0 Å². The number of halogens is 1. The number of benzene rings is 1. The average molecular weight is 269 g/mol. The zero-order chi connectivity index (χ0) is 13.8. The summed E-state index contributed by atoms with van der Waals surface area (Å²) < 4.78 is 24.1. The first kappa shape index (κ1) is 13.9. The largest absolute Gasteiger partial charge is 0.505 e. The number of hydrogen-bond donors (Lipinski definition) is 2. The number of phenols is 1. The average Bonchev–Trinajstić information content (AvgIpc) is 2.44. The van der Waals surface area contributed by atoms with Gasteiger partial charge in [0.05, 0.1) is 14.2 Å². The zero-order valence-electron chi connectivity index (χ0n) is 11.3. The third-order valence-corrected chi connectivity index (χ3v) is 3.64. The topological polar surface area (TPSA) is 50.7 Å². The fourth-order valence-corrected chi connectivity index (χ4v) is 2.59. The van der Waals surface area contributed by atoms with Crippen LogP contribution < -0.4 is 14.8 Å². The lowest BCUT2D eigenvalue weighted by atomic mass is 9.90. The highest BCUT2D eigenvalue weighted by Gasteiger charge is 2.23. The van der Waals surface area contributed by atoms with E-state index in [2.05, 4.69) is 5.32 Å². The molecular formula is C14H20FNO3. The number of rotatable bonds is 4. The minimum absolute atomic E-state index is 0.321. The molecule has 1 aromatic carbocycles. The van der Waals surface area contributed by atoms with Crippen molar-refractivity contribution in [3.8, 4) is 17.2 Å². The minimum atomic E-state index is -0.665. The molecule has 1 fully saturated rings. The molecule has 5 heteroatoms. The third kappa shape index (κ3) is 2.92. The molecule has 0 aliphatic carbocycles. The van der Waals surface area contributed by atoms with Crippen molar-refractivity contribution < 1.29 is 19.0 Å². The van der Waals surface area contributed by atoms with E-state index in [0.717, 1.165) is 32.0 Å². The van der Waals surface area contributed by atoms with Crippen LogP contribution in [0.2, 0.25) is 0 Å². The van der Waals surface area contributed by atoms with Gasteiger partial charge in [0.25, 0.3) is 0 Å². The van der Waals surface area contributed by atoms with E-state index in [-0.39, 0.29) is 5.75 Å². The summed E-state index contributed by atoms with van der Waals surface area (Å²) in [6, 6.07) is 1.15. The predicted molar refractivity (Wildman–Crippen MR) is 70.5 cm³/mol. The molecule has 19 heavy (non-hydrogen) atoms. The molecule has 2 rings (SSSR count). The summed E-state index contributed by atoms with van der Waals surface area (Å²) in [5, 5.41) is 13.2. The summed E-state index contributed by atoms with van der Waals surface area (Å²) in [5.41, 5.74) is 0.506. The van der Waals surface area contributed by atoms with E-state index in [1.807, 2.05) is 0 Å². The molecule has 0 radical (unpaired) electrons. The number of ether oxygens (including phenoxy) is 2. The lowest BCUT2D eigenvalue weighted by Gasteiger charge is -2.24. The van der Waals surface area contributed by atoms with Gasteiger partial charge in [-0.05, 0) is 38.3 Å². The molecule has 0 saturated carbocycles. The van der Waals surface area contributed by atoms with Crippen molar-refractivity contribution in [2.45, 2.75) is 19.3 Å². The van der Waals surface area contributed by atoms with Gasteiger partial charge in [0.2, 0.25) is 0 Å². The number of piperidine rings is 1. The molecule has 0 bridgehead atoms. The van der Waals surface area contributed by atoms with Crippen molar-refractivity contribution in [2.24, 2.45) is 5.92 Å². The van der Waals surface area contributed by atoms with Gasteiger partial charge in [0, 0.05) is 11.6 Å². The summed E-state index contributed by atoms with van der Waals surface area (Å²) in [4.78, 5) is 0. The second-order valence-corrected chi connectivity index (χ2v) is 4.82. The fourth-order valence-electron chi connectivity index (χ4n) is 2.59. The van der Waals surface area contributed by atoms with Gasteiger partial charge in [-0.1, -0.05) is 0 Å². The van der Waals surface area contributed by atoms with Crippen molar-refractivity contribution in [2.75, 3.05) is 27.3 Å². The number of hydrogen-bond acceptors (Lipinski definition) is 4. The Labute approximate surface area is 112 Å². The van der Waals surface area contributed by atoms with E-state index in [4.69, 9.17) is 9.47 Å². The van der Waals surface area contributed by atoms with Crippen LogP contribution >= 0.6 is 0 Å². The van der Waals surface area contributed by atoms with Crippen LogP contribution in [0.1, 0.15) is 18.4 Å².